The highest BCUT2D eigenvalue weighted by molar-refractivity contribution is 5.92. The molecular formula is C26H28FN7O2. The Morgan fingerprint density at radius 2 is 2.08 bits per heavy atom. The van der Waals surface area contributed by atoms with Crippen LogP contribution in [0.1, 0.15) is 30.4 Å². The Balaban J connectivity index is 1.39. The molecule has 1 atom stereocenters. The van der Waals surface area contributed by atoms with Crippen LogP contribution in [0.2, 0.25) is 0 Å². The molecule has 0 bridgehead atoms. The fourth-order valence-corrected chi connectivity index (χ4v) is 4.69. The first kappa shape index (κ1) is 23.7. The Morgan fingerprint density at radius 3 is 2.83 bits per heavy atom. The van der Waals surface area contributed by atoms with Gasteiger partial charge in [0.1, 0.15) is 17.0 Å². The van der Waals surface area contributed by atoms with E-state index in [-0.39, 0.29) is 18.4 Å². The smallest absolute Gasteiger partial charge is 0.226 e. The topological polar surface area (TPSA) is 98.1 Å². The van der Waals surface area contributed by atoms with Gasteiger partial charge in [-0.3, -0.25) is 9.78 Å². The molecule has 186 valence electrons. The zero-order chi connectivity index (χ0) is 25.2. The molecule has 1 unspecified atom stereocenters. The van der Waals surface area contributed by atoms with Crippen LogP contribution in [0.15, 0.2) is 42.6 Å². The highest BCUT2D eigenvalue weighted by Gasteiger charge is 2.29. The molecular weight excluding hydrogens is 461 g/mol. The standard InChI is InChI=1S/C26H28FN7O2/c1-4-36-20-8-9-22(21(27)14-20)34-17(3)24-16(2)30-31-26(25(24)32-34)33-12-10-19(15-33)29-23(35)13-18-7-5-6-11-28-18/h5-9,11,14,19H,4,10,12-13,15H2,1-3H3,(H,29,35). The van der Waals surface area contributed by atoms with Crippen LogP contribution in [0.3, 0.4) is 0 Å². The van der Waals surface area contributed by atoms with Crippen molar-refractivity contribution in [1.82, 2.24) is 30.3 Å². The summed E-state index contributed by atoms with van der Waals surface area (Å²) in [5.41, 5.74) is 3.23. The van der Waals surface area contributed by atoms with Gasteiger partial charge in [0.05, 0.1) is 29.8 Å². The van der Waals surface area contributed by atoms with Crippen LogP contribution < -0.4 is 15.0 Å². The largest absolute Gasteiger partial charge is 0.494 e. The molecule has 0 spiro atoms. The number of hydrogen-bond acceptors (Lipinski definition) is 7. The maximum atomic E-state index is 15.0. The van der Waals surface area contributed by atoms with Crippen molar-refractivity contribution in [2.75, 3.05) is 24.6 Å². The van der Waals surface area contributed by atoms with E-state index in [1.165, 1.54) is 6.07 Å². The molecule has 1 saturated heterocycles. The quantitative estimate of drug-likeness (QED) is 0.425. The summed E-state index contributed by atoms with van der Waals surface area (Å²) in [6.07, 6.45) is 2.70. The lowest BCUT2D eigenvalue weighted by molar-refractivity contribution is -0.121. The number of rotatable bonds is 7. The highest BCUT2D eigenvalue weighted by Crippen LogP contribution is 2.32. The lowest BCUT2D eigenvalue weighted by Gasteiger charge is -2.18. The van der Waals surface area contributed by atoms with Gasteiger partial charge in [0, 0.05) is 37.1 Å². The van der Waals surface area contributed by atoms with Gasteiger partial charge in [-0.1, -0.05) is 6.07 Å². The number of aryl methyl sites for hydroxylation is 2. The summed E-state index contributed by atoms with van der Waals surface area (Å²) in [5.74, 6) is 0.618. The average molecular weight is 490 g/mol. The number of amides is 1. The van der Waals surface area contributed by atoms with Crippen molar-refractivity contribution in [3.05, 3.63) is 65.5 Å². The van der Waals surface area contributed by atoms with Crippen LogP contribution in [0.5, 0.6) is 5.75 Å². The minimum atomic E-state index is -0.422. The Morgan fingerprint density at radius 1 is 1.22 bits per heavy atom. The van der Waals surface area contributed by atoms with Crippen LogP contribution in [-0.4, -0.2) is 56.6 Å². The van der Waals surface area contributed by atoms with Gasteiger partial charge in [-0.05, 0) is 51.5 Å². The van der Waals surface area contributed by atoms with Crippen LogP contribution in [0, 0.1) is 19.7 Å². The van der Waals surface area contributed by atoms with Crippen molar-refractivity contribution < 1.29 is 13.9 Å². The van der Waals surface area contributed by atoms with Crippen LogP contribution in [0.25, 0.3) is 16.6 Å². The van der Waals surface area contributed by atoms with Crippen molar-refractivity contribution in [1.29, 1.82) is 0 Å². The van der Waals surface area contributed by atoms with E-state index >= 15 is 0 Å². The zero-order valence-electron chi connectivity index (χ0n) is 20.5. The number of carbonyl (C=O) groups is 1. The Labute approximate surface area is 208 Å². The van der Waals surface area contributed by atoms with Crippen molar-refractivity contribution in [3.8, 4) is 11.4 Å². The summed E-state index contributed by atoms with van der Waals surface area (Å²) in [6.45, 7) is 7.37. The molecule has 1 aliphatic heterocycles. The molecule has 1 aliphatic rings. The number of anilines is 1. The highest BCUT2D eigenvalue weighted by atomic mass is 19.1. The second-order valence-electron chi connectivity index (χ2n) is 8.87. The average Bonchev–Trinajstić information content (AvgIpc) is 3.45. The molecule has 10 heteroatoms. The fourth-order valence-electron chi connectivity index (χ4n) is 4.69. The van der Waals surface area contributed by atoms with Gasteiger partial charge >= 0.3 is 0 Å². The SMILES string of the molecule is CCOc1ccc(-n2nc3c(N4CCC(NC(=O)Cc5ccccn5)C4)nnc(C)c3c2C)c(F)c1. The normalized spacial score (nSPS) is 15.4. The minimum absolute atomic E-state index is 0.0221. The maximum absolute atomic E-state index is 15.0. The van der Waals surface area contributed by atoms with E-state index < -0.39 is 5.82 Å². The first-order valence-electron chi connectivity index (χ1n) is 12.0. The zero-order valence-corrected chi connectivity index (χ0v) is 20.5. The van der Waals surface area contributed by atoms with E-state index in [1.54, 1.807) is 23.0 Å². The third-order valence-electron chi connectivity index (χ3n) is 6.36. The summed E-state index contributed by atoms with van der Waals surface area (Å²) in [4.78, 5) is 18.8. The third kappa shape index (κ3) is 4.58. The number of carbonyl (C=O) groups excluding carboxylic acids is 1. The lowest BCUT2D eigenvalue weighted by atomic mass is 10.2. The molecule has 0 radical (unpaired) electrons. The minimum Gasteiger partial charge on any atom is -0.494 e. The number of fused-ring (bicyclic) bond motifs is 1. The van der Waals surface area contributed by atoms with E-state index in [0.717, 1.165) is 28.9 Å². The Hall–Kier alpha value is -4.08. The molecule has 1 aromatic carbocycles. The second-order valence-corrected chi connectivity index (χ2v) is 8.87. The molecule has 1 fully saturated rings. The lowest BCUT2D eigenvalue weighted by Crippen LogP contribution is -2.38. The van der Waals surface area contributed by atoms with E-state index in [2.05, 4.69) is 25.4 Å². The van der Waals surface area contributed by atoms with Crippen molar-refractivity contribution >= 4 is 22.6 Å². The predicted octanol–water partition coefficient (Wildman–Crippen LogP) is 3.30. The summed E-state index contributed by atoms with van der Waals surface area (Å²) in [7, 11) is 0. The monoisotopic (exact) mass is 489 g/mol. The van der Waals surface area contributed by atoms with E-state index in [9.17, 15) is 9.18 Å². The molecule has 5 rings (SSSR count). The van der Waals surface area contributed by atoms with Gasteiger partial charge in [0.15, 0.2) is 11.6 Å². The van der Waals surface area contributed by atoms with E-state index in [4.69, 9.17) is 9.84 Å². The van der Waals surface area contributed by atoms with Gasteiger partial charge in [0.25, 0.3) is 0 Å². The fraction of sp³-hybridized carbons (Fsp3) is 0.346. The molecule has 3 aromatic heterocycles. The first-order chi connectivity index (χ1) is 17.4. The molecule has 9 nitrogen and oxygen atoms in total. The third-order valence-corrected chi connectivity index (χ3v) is 6.36. The first-order valence-corrected chi connectivity index (χ1v) is 12.0. The summed E-state index contributed by atoms with van der Waals surface area (Å²) >= 11 is 0. The van der Waals surface area contributed by atoms with Crippen molar-refractivity contribution in [2.24, 2.45) is 0 Å². The summed E-state index contributed by atoms with van der Waals surface area (Å²) in [5, 5.41) is 17.5. The van der Waals surface area contributed by atoms with Gasteiger partial charge in [-0.25, -0.2) is 9.07 Å². The molecule has 36 heavy (non-hydrogen) atoms. The van der Waals surface area contributed by atoms with Gasteiger partial charge in [-0.15, -0.1) is 5.10 Å². The molecule has 0 saturated carbocycles. The number of nitrogens with one attached hydrogen (secondary N) is 1. The number of benzene rings is 1. The van der Waals surface area contributed by atoms with Crippen molar-refractivity contribution in [2.45, 2.75) is 39.7 Å². The summed E-state index contributed by atoms with van der Waals surface area (Å²) < 4.78 is 22.0. The second kappa shape index (κ2) is 9.88. The molecule has 0 aliphatic carbocycles. The van der Waals surface area contributed by atoms with E-state index in [0.29, 0.717) is 42.5 Å². The van der Waals surface area contributed by atoms with Crippen molar-refractivity contribution in [3.63, 3.8) is 0 Å². The number of halogens is 1. The molecule has 1 amide bonds. The molecule has 1 N–H and O–H groups in total. The summed E-state index contributed by atoms with van der Waals surface area (Å²) in [6, 6.07) is 10.3. The van der Waals surface area contributed by atoms with Crippen LogP contribution in [0.4, 0.5) is 10.2 Å². The number of nitrogens with zero attached hydrogens (tertiary/aromatic N) is 6. The molecule has 4 heterocycles. The molecule has 4 aromatic rings. The number of aromatic nitrogens is 5. The predicted molar refractivity (Wildman–Crippen MR) is 134 cm³/mol. The number of pyridine rings is 1. The van der Waals surface area contributed by atoms with Gasteiger partial charge in [-0.2, -0.15) is 10.2 Å². The van der Waals surface area contributed by atoms with Gasteiger partial charge < -0.3 is 15.0 Å². The van der Waals surface area contributed by atoms with Crippen LogP contribution in [-0.2, 0) is 11.2 Å². The number of hydrogen-bond donors (Lipinski definition) is 1. The Bertz CT molecular complexity index is 1410. The Kier molecular flexibility index (Phi) is 6.49. The number of ether oxygens (including phenoxy) is 1. The van der Waals surface area contributed by atoms with E-state index in [1.807, 2.05) is 39.0 Å². The maximum Gasteiger partial charge on any atom is 0.226 e. The van der Waals surface area contributed by atoms with Crippen LogP contribution >= 0.6 is 0 Å². The van der Waals surface area contributed by atoms with Gasteiger partial charge in [0.2, 0.25) is 5.91 Å².